The highest BCUT2D eigenvalue weighted by atomic mass is 32.2. The van der Waals surface area contributed by atoms with E-state index in [-0.39, 0.29) is 11.9 Å². The summed E-state index contributed by atoms with van der Waals surface area (Å²) in [4.78, 5) is 13.1. The summed E-state index contributed by atoms with van der Waals surface area (Å²) in [7, 11) is 0. The maximum atomic E-state index is 11.9. The van der Waals surface area contributed by atoms with Crippen molar-refractivity contribution in [3.63, 3.8) is 0 Å². The summed E-state index contributed by atoms with van der Waals surface area (Å²) in [5.74, 6) is 1.71. The number of hydrogen-bond acceptors (Lipinski definition) is 3. The maximum Gasteiger partial charge on any atom is 0.221 e. The summed E-state index contributed by atoms with van der Waals surface area (Å²) < 4.78 is 5.75. The van der Waals surface area contributed by atoms with Crippen LogP contribution in [0.5, 0.6) is 5.75 Å². The molecular weight excluding hydrogens is 306 g/mol. The molecule has 0 saturated heterocycles. The fourth-order valence-corrected chi connectivity index (χ4v) is 2.97. The summed E-state index contributed by atoms with van der Waals surface area (Å²) in [6.45, 7) is 4.45. The van der Waals surface area contributed by atoms with E-state index in [9.17, 15) is 4.79 Å². The number of aryl methyl sites for hydroxylation is 1. The van der Waals surface area contributed by atoms with Gasteiger partial charge in [-0.1, -0.05) is 36.4 Å². The third-order valence-corrected chi connectivity index (χ3v) is 4.34. The first-order chi connectivity index (χ1) is 11.1. The summed E-state index contributed by atoms with van der Waals surface area (Å²) in [5.41, 5.74) is 1.10. The summed E-state index contributed by atoms with van der Waals surface area (Å²) in [5, 5.41) is 2.98. The second-order valence-corrected chi connectivity index (χ2v) is 6.62. The van der Waals surface area contributed by atoms with E-state index in [1.165, 1.54) is 4.90 Å². The van der Waals surface area contributed by atoms with Crippen molar-refractivity contribution in [3.8, 4) is 5.75 Å². The zero-order chi connectivity index (χ0) is 16.5. The number of carbonyl (C=O) groups excluding carboxylic acids is 1. The molecule has 0 radical (unpaired) electrons. The van der Waals surface area contributed by atoms with Gasteiger partial charge in [-0.15, -0.1) is 11.8 Å². The van der Waals surface area contributed by atoms with Crippen molar-refractivity contribution in [3.05, 3.63) is 60.2 Å². The highest BCUT2D eigenvalue weighted by Crippen LogP contribution is 2.18. The summed E-state index contributed by atoms with van der Waals surface area (Å²) in [6, 6.07) is 18.0. The Bertz CT molecular complexity index is 616. The van der Waals surface area contributed by atoms with Gasteiger partial charge < -0.3 is 10.1 Å². The Balaban J connectivity index is 1.65. The predicted molar refractivity (Wildman–Crippen MR) is 96.1 cm³/mol. The molecule has 2 aromatic rings. The molecule has 0 saturated carbocycles. The van der Waals surface area contributed by atoms with Gasteiger partial charge in [-0.05, 0) is 37.6 Å². The van der Waals surface area contributed by atoms with Crippen LogP contribution in [0.4, 0.5) is 0 Å². The lowest BCUT2D eigenvalue weighted by atomic mass is 10.2. The molecule has 0 fully saturated rings. The minimum Gasteiger partial charge on any atom is -0.491 e. The number of carbonyl (C=O) groups is 1. The molecule has 3 nitrogen and oxygen atoms in total. The summed E-state index contributed by atoms with van der Waals surface area (Å²) in [6.07, 6.45) is 0.508. The SMILES string of the molecule is Cc1ccccc1OC[C@H](C)NC(=O)CCSc1ccccc1. The van der Waals surface area contributed by atoms with Crippen molar-refractivity contribution in [1.82, 2.24) is 5.32 Å². The van der Waals surface area contributed by atoms with Gasteiger partial charge >= 0.3 is 0 Å². The Morgan fingerprint density at radius 1 is 1.13 bits per heavy atom. The molecule has 0 aromatic heterocycles. The van der Waals surface area contributed by atoms with Crippen LogP contribution in [0.25, 0.3) is 0 Å². The number of hydrogen-bond donors (Lipinski definition) is 1. The second kappa shape index (κ2) is 9.26. The van der Waals surface area contributed by atoms with E-state index in [0.29, 0.717) is 13.0 Å². The molecule has 0 aliphatic heterocycles. The van der Waals surface area contributed by atoms with Crippen LogP contribution in [0.1, 0.15) is 18.9 Å². The third kappa shape index (κ3) is 6.37. The minimum atomic E-state index is -0.0103. The molecule has 0 heterocycles. The van der Waals surface area contributed by atoms with Crippen molar-refractivity contribution in [1.29, 1.82) is 0 Å². The van der Waals surface area contributed by atoms with Crippen molar-refractivity contribution < 1.29 is 9.53 Å². The first-order valence-corrected chi connectivity index (χ1v) is 8.79. The highest BCUT2D eigenvalue weighted by molar-refractivity contribution is 7.99. The van der Waals surface area contributed by atoms with E-state index in [2.05, 4.69) is 17.4 Å². The average Bonchev–Trinajstić information content (AvgIpc) is 2.55. The number of thioether (sulfide) groups is 1. The largest absolute Gasteiger partial charge is 0.491 e. The number of amides is 1. The number of rotatable bonds is 8. The Labute approximate surface area is 142 Å². The van der Waals surface area contributed by atoms with Crippen molar-refractivity contribution in [2.45, 2.75) is 31.2 Å². The molecule has 0 spiro atoms. The van der Waals surface area contributed by atoms with Crippen LogP contribution < -0.4 is 10.1 Å². The van der Waals surface area contributed by atoms with Crippen LogP contribution in [0.3, 0.4) is 0 Å². The average molecular weight is 329 g/mol. The van der Waals surface area contributed by atoms with Crippen LogP contribution >= 0.6 is 11.8 Å². The van der Waals surface area contributed by atoms with E-state index in [1.807, 2.05) is 56.3 Å². The van der Waals surface area contributed by atoms with Gasteiger partial charge in [0, 0.05) is 17.1 Å². The van der Waals surface area contributed by atoms with Gasteiger partial charge in [0.05, 0.1) is 6.04 Å². The van der Waals surface area contributed by atoms with Gasteiger partial charge in [-0.3, -0.25) is 4.79 Å². The second-order valence-electron chi connectivity index (χ2n) is 5.46. The Kier molecular flexibility index (Phi) is 7.01. The monoisotopic (exact) mass is 329 g/mol. The molecule has 122 valence electrons. The molecule has 23 heavy (non-hydrogen) atoms. The zero-order valence-corrected chi connectivity index (χ0v) is 14.4. The van der Waals surface area contributed by atoms with Gasteiger partial charge in [0.1, 0.15) is 12.4 Å². The van der Waals surface area contributed by atoms with E-state index >= 15 is 0 Å². The van der Waals surface area contributed by atoms with Crippen LogP contribution in [-0.4, -0.2) is 24.3 Å². The topological polar surface area (TPSA) is 38.3 Å². The molecule has 2 rings (SSSR count). The molecule has 1 amide bonds. The van der Waals surface area contributed by atoms with Gasteiger partial charge in [-0.2, -0.15) is 0 Å². The van der Waals surface area contributed by atoms with Crippen LogP contribution in [0.15, 0.2) is 59.5 Å². The minimum absolute atomic E-state index is 0.0103. The Morgan fingerprint density at radius 2 is 1.83 bits per heavy atom. The number of benzene rings is 2. The Morgan fingerprint density at radius 3 is 2.57 bits per heavy atom. The molecule has 0 unspecified atom stereocenters. The van der Waals surface area contributed by atoms with Gasteiger partial charge in [0.2, 0.25) is 5.91 Å². The molecule has 0 bridgehead atoms. The zero-order valence-electron chi connectivity index (χ0n) is 13.6. The van der Waals surface area contributed by atoms with Gasteiger partial charge in [0.15, 0.2) is 0 Å². The fraction of sp³-hybridized carbons (Fsp3) is 0.316. The fourth-order valence-electron chi connectivity index (χ4n) is 2.10. The van der Waals surface area contributed by atoms with Gasteiger partial charge in [-0.25, -0.2) is 0 Å². The Hall–Kier alpha value is -1.94. The highest BCUT2D eigenvalue weighted by Gasteiger charge is 2.09. The first kappa shape index (κ1) is 17.4. The van der Waals surface area contributed by atoms with Crippen LogP contribution in [0, 0.1) is 6.92 Å². The third-order valence-electron chi connectivity index (χ3n) is 3.33. The molecule has 0 aliphatic rings. The van der Waals surface area contributed by atoms with E-state index in [0.717, 1.165) is 17.1 Å². The van der Waals surface area contributed by atoms with Crippen molar-refractivity contribution in [2.75, 3.05) is 12.4 Å². The normalized spacial score (nSPS) is 11.7. The van der Waals surface area contributed by atoms with Crippen molar-refractivity contribution in [2.24, 2.45) is 0 Å². The lowest BCUT2D eigenvalue weighted by molar-refractivity contribution is -0.121. The summed E-state index contributed by atoms with van der Waals surface area (Å²) >= 11 is 1.70. The molecule has 4 heteroatoms. The molecular formula is C19H23NO2S. The predicted octanol–water partition coefficient (Wildman–Crippen LogP) is 4.06. The number of ether oxygens (including phenoxy) is 1. The van der Waals surface area contributed by atoms with Crippen LogP contribution in [-0.2, 0) is 4.79 Å². The molecule has 2 aromatic carbocycles. The lowest BCUT2D eigenvalue weighted by Crippen LogP contribution is -2.37. The van der Waals surface area contributed by atoms with Crippen LogP contribution in [0.2, 0.25) is 0 Å². The first-order valence-electron chi connectivity index (χ1n) is 7.81. The number of nitrogens with one attached hydrogen (secondary N) is 1. The van der Waals surface area contributed by atoms with E-state index < -0.39 is 0 Å². The number of para-hydroxylation sites is 1. The van der Waals surface area contributed by atoms with Crippen molar-refractivity contribution >= 4 is 17.7 Å². The van der Waals surface area contributed by atoms with E-state index in [1.54, 1.807) is 11.8 Å². The standard InChI is InChI=1S/C19H23NO2S/c1-15-8-6-7-11-18(15)22-14-16(2)20-19(21)12-13-23-17-9-4-3-5-10-17/h3-11,16H,12-14H2,1-2H3,(H,20,21)/t16-/m0/s1. The smallest absolute Gasteiger partial charge is 0.221 e. The molecule has 0 aliphatic carbocycles. The lowest BCUT2D eigenvalue weighted by Gasteiger charge is -2.16. The maximum absolute atomic E-state index is 11.9. The van der Waals surface area contributed by atoms with Gasteiger partial charge in [0.25, 0.3) is 0 Å². The van der Waals surface area contributed by atoms with E-state index in [4.69, 9.17) is 4.74 Å². The molecule has 1 atom stereocenters. The molecule has 1 N–H and O–H groups in total. The quantitative estimate of drug-likeness (QED) is 0.742.